The fourth-order valence-corrected chi connectivity index (χ4v) is 3.68. The monoisotopic (exact) mass is 283 g/mol. The number of aromatic nitrogens is 1. The minimum atomic E-state index is 0.0638. The van der Waals surface area contributed by atoms with Gasteiger partial charge in [-0.05, 0) is 12.8 Å². The first-order valence-corrected chi connectivity index (χ1v) is 7.75. The first-order valence-electron chi connectivity index (χ1n) is 6.93. The molecule has 0 aromatic carbocycles. The van der Waals surface area contributed by atoms with Gasteiger partial charge in [-0.25, -0.2) is 4.98 Å². The minimum Gasteiger partial charge on any atom is -0.381 e. The molecule has 0 bridgehead atoms. The van der Waals surface area contributed by atoms with Gasteiger partial charge in [-0.15, -0.1) is 11.3 Å². The van der Waals surface area contributed by atoms with Gasteiger partial charge >= 0.3 is 0 Å². The van der Waals surface area contributed by atoms with E-state index in [2.05, 4.69) is 25.7 Å². The molecule has 0 unspecified atom stereocenters. The van der Waals surface area contributed by atoms with Crippen molar-refractivity contribution in [2.75, 3.05) is 25.1 Å². The van der Waals surface area contributed by atoms with E-state index >= 15 is 0 Å². The van der Waals surface area contributed by atoms with Gasteiger partial charge in [-0.1, -0.05) is 20.8 Å². The summed E-state index contributed by atoms with van der Waals surface area (Å²) >= 11 is 1.75. The molecule has 0 aliphatic carbocycles. The molecular weight excluding hydrogens is 258 g/mol. The van der Waals surface area contributed by atoms with Crippen molar-refractivity contribution in [3.8, 4) is 0 Å². The Labute approximate surface area is 120 Å². The average molecular weight is 283 g/mol. The second-order valence-corrected chi connectivity index (χ2v) is 7.21. The van der Waals surface area contributed by atoms with Crippen LogP contribution < -0.4 is 10.6 Å². The van der Waals surface area contributed by atoms with Gasteiger partial charge in [0.05, 0.1) is 11.8 Å². The molecule has 2 rings (SSSR count). The molecule has 0 spiro atoms. The summed E-state index contributed by atoms with van der Waals surface area (Å²) < 4.78 is 5.42. The van der Waals surface area contributed by atoms with Crippen molar-refractivity contribution in [3.05, 3.63) is 10.6 Å². The Hall–Kier alpha value is -0.650. The molecule has 1 saturated heterocycles. The third-order valence-corrected chi connectivity index (χ3v) is 4.77. The van der Waals surface area contributed by atoms with E-state index in [0.717, 1.165) is 36.8 Å². The maximum atomic E-state index is 5.87. The van der Waals surface area contributed by atoms with Gasteiger partial charge < -0.3 is 15.4 Å². The number of ether oxygens (including phenoxy) is 1. The van der Waals surface area contributed by atoms with Crippen LogP contribution in [0.1, 0.15) is 44.2 Å². The maximum Gasteiger partial charge on any atom is 0.185 e. The van der Waals surface area contributed by atoms with Gasteiger partial charge in [0, 0.05) is 37.0 Å². The molecule has 0 radical (unpaired) electrons. The Morgan fingerprint density at radius 3 is 2.42 bits per heavy atom. The fourth-order valence-electron chi connectivity index (χ4n) is 2.48. The lowest BCUT2D eigenvalue weighted by Crippen LogP contribution is -2.36. The number of piperidine rings is 1. The van der Waals surface area contributed by atoms with Crippen molar-refractivity contribution < 1.29 is 4.74 Å². The molecular formula is C14H25N3OS. The number of nitrogens with two attached hydrogens (primary N) is 1. The van der Waals surface area contributed by atoms with Crippen molar-refractivity contribution >= 4 is 16.5 Å². The summed E-state index contributed by atoms with van der Waals surface area (Å²) in [5.41, 5.74) is 7.09. The van der Waals surface area contributed by atoms with Crippen LogP contribution in [0.2, 0.25) is 0 Å². The smallest absolute Gasteiger partial charge is 0.185 e. The van der Waals surface area contributed by atoms with E-state index in [9.17, 15) is 0 Å². The number of anilines is 1. The summed E-state index contributed by atoms with van der Waals surface area (Å²) in [5, 5.41) is 1.12. The largest absolute Gasteiger partial charge is 0.381 e. The highest BCUT2D eigenvalue weighted by molar-refractivity contribution is 7.15. The summed E-state index contributed by atoms with van der Waals surface area (Å²) in [7, 11) is 1.80. The van der Waals surface area contributed by atoms with E-state index in [1.165, 1.54) is 4.88 Å². The van der Waals surface area contributed by atoms with Crippen LogP contribution in [0.25, 0.3) is 0 Å². The lowest BCUT2D eigenvalue weighted by atomic mass is 9.91. The van der Waals surface area contributed by atoms with Crippen molar-refractivity contribution in [3.63, 3.8) is 0 Å². The number of hydrogen-bond acceptors (Lipinski definition) is 5. The maximum absolute atomic E-state index is 5.87. The highest BCUT2D eigenvalue weighted by Crippen LogP contribution is 2.34. The third kappa shape index (κ3) is 3.27. The second kappa shape index (κ2) is 5.77. The molecule has 1 aromatic heterocycles. The number of nitrogens with zero attached hydrogens (tertiary/aromatic N) is 2. The Morgan fingerprint density at radius 2 is 2.00 bits per heavy atom. The molecule has 4 nitrogen and oxygen atoms in total. The van der Waals surface area contributed by atoms with Crippen LogP contribution in [-0.4, -0.2) is 31.3 Å². The van der Waals surface area contributed by atoms with E-state index in [4.69, 9.17) is 15.5 Å². The number of hydrogen-bond donors (Lipinski definition) is 1. The Kier molecular flexibility index (Phi) is 4.48. The van der Waals surface area contributed by atoms with E-state index in [0.29, 0.717) is 12.6 Å². The molecule has 19 heavy (non-hydrogen) atoms. The predicted molar refractivity (Wildman–Crippen MR) is 80.9 cm³/mol. The van der Waals surface area contributed by atoms with Crippen molar-refractivity contribution in [2.45, 2.75) is 51.7 Å². The summed E-state index contributed by atoms with van der Waals surface area (Å²) in [6.07, 6.45) is 2.57. The highest BCUT2D eigenvalue weighted by atomic mass is 32.1. The van der Waals surface area contributed by atoms with Gasteiger partial charge in [-0.3, -0.25) is 0 Å². The zero-order chi connectivity index (χ0) is 14.0. The molecule has 0 saturated carbocycles. The van der Waals surface area contributed by atoms with Gasteiger partial charge in [0.15, 0.2) is 5.13 Å². The van der Waals surface area contributed by atoms with Crippen molar-refractivity contribution in [1.82, 2.24) is 4.98 Å². The van der Waals surface area contributed by atoms with E-state index in [1.807, 2.05) is 0 Å². The van der Waals surface area contributed by atoms with Crippen LogP contribution in [-0.2, 0) is 16.7 Å². The zero-order valence-corrected chi connectivity index (χ0v) is 13.2. The molecule has 1 aromatic rings. The highest BCUT2D eigenvalue weighted by Gasteiger charge is 2.26. The zero-order valence-electron chi connectivity index (χ0n) is 12.4. The number of rotatable bonds is 3. The molecule has 108 valence electrons. The first kappa shape index (κ1) is 14.8. The summed E-state index contributed by atoms with van der Waals surface area (Å²) in [4.78, 5) is 8.44. The van der Waals surface area contributed by atoms with Crippen molar-refractivity contribution in [2.24, 2.45) is 5.73 Å². The SMILES string of the molecule is COC1CCN(c2nc(C(C)(C)C)c(CN)s2)CC1. The molecule has 0 atom stereocenters. The van der Waals surface area contributed by atoms with Crippen LogP contribution in [0.15, 0.2) is 0 Å². The molecule has 2 N–H and O–H groups in total. The van der Waals surface area contributed by atoms with Crippen LogP contribution >= 0.6 is 11.3 Å². The number of methoxy groups -OCH3 is 1. The lowest BCUT2D eigenvalue weighted by Gasteiger charge is -2.31. The van der Waals surface area contributed by atoms with Crippen LogP contribution in [0.5, 0.6) is 0 Å². The van der Waals surface area contributed by atoms with Crippen LogP contribution in [0.4, 0.5) is 5.13 Å². The Balaban J connectivity index is 2.16. The van der Waals surface area contributed by atoms with Gasteiger partial charge in [-0.2, -0.15) is 0 Å². The quantitative estimate of drug-likeness (QED) is 0.926. The Bertz CT molecular complexity index is 417. The van der Waals surface area contributed by atoms with Crippen molar-refractivity contribution in [1.29, 1.82) is 0 Å². The van der Waals surface area contributed by atoms with Crippen LogP contribution in [0, 0.1) is 0 Å². The van der Waals surface area contributed by atoms with E-state index in [-0.39, 0.29) is 5.41 Å². The van der Waals surface area contributed by atoms with Gasteiger partial charge in [0.25, 0.3) is 0 Å². The standard InChI is InChI=1S/C14H25N3OS/c1-14(2,3)12-11(9-15)19-13(16-12)17-7-5-10(18-4)6-8-17/h10H,5-9,15H2,1-4H3. The second-order valence-electron chi connectivity index (χ2n) is 6.14. The first-order chi connectivity index (χ1) is 8.95. The molecule has 0 amide bonds. The normalized spacial score (nSPS) is 18.1. The number of thiazole rings is 1. The Morgan fingerprint density at radius 1 is 1.37 bits per heavy atom. The summed E-state index contributed by atoms with van der Waals surface area (Å²) in [5.74, 6) is 0. The predicted octanol–water partition coefficient (Wildman–Crippen LogP) is 2.51. The average Bonchev–Trinajstić information content (AvgIpc) is 2.83. The molecule has 5 heteroatoms. The van der Waals surface area contributed by atoms with Gasteiger partial charge in [0.2, 0.25) is 0 Å². The molecule has 2 heterocycles. The van der Waals surface area contributed by atoms with E-state index in [1.54, 1.807) is 18.4 Å². The third-order valence-electron chi connectivity index (χ3n) is 3.63. The minimum absolute atomic E-state index is 0.0638. The molecule has 1 fully saturated rings. The summed E-state index contributed by atoms with van der Waals surface area (Å²) in [6.45, 7) is 9.23. The lowest BCUT2D eigenvalue weighted by molar-refractivity contribution is 0.0819. The molecule has 1 aliphatic heterocycles. The topological polar surface area (TPSA) is 51.4 Å². The molecule has 1 aliphatic rings. The van der Waals surface area contributed by atoms with Gasteiger partial charge in [0.1, 0.15) is 0 Å². The fraction of sp³-hybridized carbons (Fsp3) is 0.786. The summed E-state index contributed by atoms with van der Waals surface area (Å²) in [6, 6.07) is 0. The van der Waals surface area contributed by atoms with Crippen LogP contribution in [0.3, 0.4) is 0 Å². The van der Waals surface area contributed by atoms with E-state index < -0.39 is 0 Å².